The zero-order valence-corrected chi connectivity index (χ0v) is 15.4. The number of thioether (sulfide) groups is 1. The van der Waals surface area contributed by atoms with Crippen LogP contribution in [0.15, 0.2) is 40.6 Å². The summed E-state index contributed by atoms with van der Waals surface area (Å²) in [7, 11) is 1.51. The number of methoxy groups -OCH3 is 1. The van der Waals surface area contributed by atoms with E-state index in [1.807, 2.05) is 24.4 Å². The second-order valence-corrected chi connectivity index (χ2v) is 7.51. The van der Waals surface area contributed by atoms with Gasteiger partial charge in [-0.2, -0.15) is 0 Å². The van der Waals surface area contributed by atoms with Crippen molar-refractivity contribution < 1.29 is 14.3 Å². The Morgan fingerprint density at radius 2 is 2.04 bits per heavy atom. The van der Waals surface area contributed by atoms with Gasteiger partial charge in [0.1, 0.15) is 5.75 Å². The molecule has 7 heteroatoms. The normalized spacial score (nSPS) is 14.7. The molecule has 0 saturated heterocycles. The Morgan fingerprint density at radius 3 is 2.62 bits per heavy atom. The summed E-state index contributed by atoms with van der Waals surface area (Å²) in [6.07, 6.45) is 0. The standard InChI is InChI=1S/C17H14ClNO3S2/c1-3-23-15-14(13-5-4-8-24-13)16(20)19(17(15)21)10-6-7-12(22-2)11(18)9-10/h4-9H,3H2,1-2H3. The van der Waals surface area contributed by atoms with E-state index in [9.17, 15) is 9.59 Å². The van der Waals surface area contributed by atoms with Gasteiger partial charge in [0, 0.05) is 4.88 Å². The molecule has 2 amide bonds. The number of hydrogen-bond donors (Lipinski definition) is 0. The number of imide groups is 1. The Bertz CT molecular complexity index is 830. The quantitative estimate of drug-likeness (QED) is 0.720. The van der Waals surface area contributed by atoms with Crippen LogP contribution in [0.25, 0.3) is 5.57 Å². The largest absolute Gasteiger partial charge is 0.495 e. The van der Waals surface area contributed by atoms with Crippen molar-refractivity contribution in [2.75, 3.05) is 17.8 Å². The van der Waals surface area contributed by atoms with Crippen molar-refractivity contribution >= 4 is 57.8 Å². The van der Waals surface area contributed by atoms with E-state index in [0.717, 1.165) is 4.88 Å². The van der Waals surface area contributed by atoms with Gasteiger partial charge in [0.05, 0.1) is 28.3 Å². The first-order valence-corrected chi connectivity index (χ1v) is 9.46. The molecule has 0 N–H and O–H groups in total. The maximum Gasteiger partial charge on any atom is 0.272 e. The van der Waals surface area contributed by atoms with Gasteiger partial charge in [-0.1, -0.05) is 24.6 Å². The zero-order valence-electron chi connectivity index (χ0n) is 13.0. The summed E-state index contributed by atoms with van der Waals surface area (Å²) in [4.78, 5) is 28.2. The molecule has 1 aliphatic rings. The minimum absolute atomic E-state index is 0.309. The second-order valence-electron chi connectivity index (χ2n) is 4.88. The average Bonchev–Trinajstić information content (AvgIpc) is 3.15. The third-order valence-corrected chi connectivity index (χ3v) is 5.63. The summed E-state index contributed by atoms with van der Waals surface area (Å²) in [6.45, 7) is 1.95. The van der Waals surface area contributed by atoms with Crippen molar-refractivity contribution in [1.29, 1.82) is 0 Å². The lowest BCUT2D eigenvalue weighted by Gasteiger charge is -2.16. The number of nitrogens with zero attached hydrogens (tertiary/aromatic N) is 1. The third-order valence-electron chi connectivity index (χ3n) is 3.49. The predicted molar refractivity (Wildman–Crippen MR) is 99.9 cm³/mol. The second kappa shape index (κ2) is 7.01. The summed E-state index contributed by atoms with van der Waals surface area (Å²) >= 11 is 8.97. The molecule has 0 unspecified atom stereocenters. The predicted octanol–water partition coefficient (Wildman–Crippen LogP) is 4.45. The fourth-order valence-corrected chi connectivity index (χ4v) is 4.38. The Kier molecular flexibility index (Phi) is 4.99. The highest BCUT2D eigenvalue weighted by molar-refractivity contribution is 8.04. The molecule has 1 aromatic heterocycles. The minimum Gasteiger partial charge on any atom is -0.495 e. The molecule has 0 spiro atoms. The van der Waals surface area contributed by atoms with E-state index in [1.165, 1.54) is 35.1 Å². The van der Waals surface area contributed by atoms with Crippen molar-refractivity contribution in [1.82, 2.24) is 0 Å². The highest BCUT2D eigenvalue weighted by Gasteiger charge is 2.40. The molecule has 0 bridgehead atoms. The van der Waals surface area contributed by atoms with Crippen LogP contribution < -0.4 is 9.64 Å². The van der Waals surface area contributed by atoms with Gasteiger partial charge >= 0.3 is 0 Å². The van der Waals surface area contributed by atoms with Crippen molar-refractivity contribution in [2.24, 2.45) is 0 Å². The number of benzene rings is 1. The summed E-state index contributed by atoms with van der Waals surface area (Å²) in [5.41, 5.74) is 0.908. The number of hydrogen-bond acceptors (Lipinski definition) is 5. The first-order valence-electron chi connectivity index (χ1n) is 7.21. The lowest BCUT2D eigenvalue weighted by Crippen LogP contribution is -2.31. The van der Waals surface area contributed by atoms with E-state index in [1.54, 1.807) is 18.2 Å². The topological polar surface area (TPSA) is 46.6 Å². The Labute approximate surface area is 153 Å². The lowest BCUT2D eigenvalue weighted by atomic mass is 10.2. The van der Waals surface area contributed by atoms with Crippen LogP contribution in [0.2, 0.25) is 5.02 Å². The van der Waals surface area contributed by atoms with Crippen LogP contribution in [0.3, 0.4) is 0 Å². The number of ether oxygens (including phenoxy) is 1. The van der Waals surface area contributed by atoms with Crippen LogP contribution >= 0.6 is 34.7 Å². The van der Waals surface area contributed by atoms with E-state index in [2.05, 4.69) is 0 Å². The molecule has 1 aromatic carbocycles. The highest BCUT2D eigenvalue weighted by Crippen LogP contribution is 2.40. The molecule has 4 nitrogen and oxygen atoms in total. The van der Waals surface area contributed by atoms with Crippen molar-refractivity contribution in [3.8, 4) is 5.75 Å². The SMILES string of the molecule is CCSC1=C(c2cccs2)C(=O)N(c2ccc(OC)c(Cl)c2)C1=O. The van der Waals surface area contributed by atoms with Crippen LogP contribution in [0.4, 0.5) is 5.69 Å². The van der Waals surface area contributed by atoms with E-state index in [0.29, 0.717) is 32.7 Å². The average molecular weight is 380 g/mol. The molecule has 2 aromatic rings. The Hall–Kier alpha value is -1.76. The molecule has 124 valence electrons. The number of amides is 2. The summed E-state index contributed by atoms with van der Waals surface area (Å²) < 4.78 is 5.12. The third kappa shape index (κ3) is 2.85. The number of carbonyl (C=O) groups excluding carboxylic acids is 2. The van der Waals surface area contributed by atoms with Gasteiger partial charge in [-0.25, -0.2) is 4.90 Å². The van der Waals surface area contributed by atoms with Crippen molar-refractivity contribution in [2.45, 2.75) is 6.92 Å². The molecule has 0 saturated carbocycles. The maximum absolute atomic E-state index is 12.9. The number of rotatable bonds is 5. The Morgan fingerprint density at radius 1 is 1.25 bits per heavy atom. The summed E-state index contributed by atoms with van der Waals surface area (Å²) in [5.74, 6) is 0.575. The molecule has 0 radical (unpaired) electrons. The molecule has 3 rings (SSSR count). The highest BCUT2D eigenvalue weighted by atomic mass is 35.5. The lowest BCUT2D eigenvalue weighted by molar-refractivity contribution is -0.119. The van der Waals surface area contributed by atoms with Crippen LogP contribution in [0.1, 0.15) is 11.8 Å². The maximum atomic E-state index is 12.9. The number of thiophene rings is 1. The molecule has 0 aliphatic carbocycles. The van der Waals surface area contributed by atoms with Gasteiger partial charge in [0.2, 0.25) is 0 Å². The molecule has 2 heterocycles. The van der Waals surface area contributed by atoms with Gasteiger partial charge in [-0.15, -0.1) is 23.1 Å². The van der Waals surface area contributed by atoms with E-state index in [4.69, 9.17) is 16.3 Å². The molecule has 1 aliphatic heterocycles. The molecular formula is C17H14ClNO3S2. The van der Waals surface area contributed by atoms with Gasteiger partial charge < -0.3 is 4.74 Å². The van der Waals surface area contributed by atoms with E-state index < -0.39 is 0 Å². The van der Waals surface area contributed by atoms with E-state index >= 15 is 0 Å². The van der Waals surface area contributed by atoms with Crippen LogP contribution in [0, 0.1) is 0 Å². The van der Waals surface area contributed by atoms with Crippen LogP contribution in [-0.4, -0.2) is 24.7 Å². The van der Waals surface area contributed by atoms with Crippen LogP contribution in [0.5, 0.6) is 5.75 Å². The monoisotopic (exact) mass is 379 g/mol. The summed E-state index contributed by atoms with van der Waals surface area (Å²) in [6, 6.07) is 8.60. The fourth-order valence-electron chi connectivity index (χ4n) is 2.45. The van der Waals surface area contributed by atoms with Gasteiger partial charge in [0.15, 0.2) is 0 Å². The zero-order chi connectivity index (χ0) is 17.3. The minimum atomic E-state index is -0.320. The van der Waals surface area contributed by atoms with Crippen LogP contribution in [-0.2, 0) is 9.59 Å². The van der Waals surface area contributed by atoms with Crippen molar-refractivity contribution in [3.05, 3.63) is 50.5 Å². The molecule has 0 fully saturated rings. The van der Waals surface area contributed by atoms with Gasteiger partial charge in [-0.05, 0) is 35.4 Å². The molecule has 0 atom stereocenters. The first kappa shape index (κ1) is 17.1. The fraction of sp³-hybridized carbons (Fsp3) is 0.176. The first-order chi connectivity index (χ1) is 11.6. The Balaban J connectivity index is 2.05. The number of halogens is 1. The van der Waals surface area contributed by atoms with Gasteiger partial charge in [0.25, 0.3) is 11.8 Å². The smallest absolute Gasteiger partial charge is 0.272 e. The van der Waals surface area contributed by atoms with Crippen molar-refractivity contribution in [3.63, 3.8) is 0 Å². The van der Waals surface area contributed by atoms with E-state index in [-0.39, 0.29) is 11.8 Å². The molecular weight excluding hydrogens is 366 g/mol. The summed E-state index contributed by atoms with van der Waals surface area (Å²) in [5, 5.41) is 2.24. The van der Waals surface area contributed by atoms with Gasteiger partial charge in [-0.3, -0.25) is 9.59 Å². The number of anilines is 1. The molecule has 24 heavy (non-hydrogen) atoms. The number of carbonyl (C=O) groups is 2.